The Kier molecular flexibility index (Phi) is 7.97. The van der Waals surface area contributed by atoms with Crippen LogP contribution < -0.4 is 16.4 Å². The highest BCUT2D eigenvalue weighted by atomic mass is 35.5. The van der Waals surface area contributed by atoms with Crippen LogP contribution in [-0.2, 0) is 22.6 Å². The molecule has 1 aliphatic heterocycles. The van der Waals surface area contributed by atoms with Gasteiger partial charge in [0.1, 0.15) is 6.10 Å². The SMILES string of the molecule is CN1CCN[C@H](C(=O)NC(=O)[C@H](O)C(C)(C)CCc2cc(Cl)ccc2CN)C1. The predicted octanol–water partition coefficient (Wildman–Crippen LogP) is 0.665. The van der Waals surface area contributed by atoms with Crippen molar-refractivity contribution in [3.05, 3.63) is 34.3 Å². The fourth-order valence-corrected chi connectivity index (χ4v) is 3.52. The van der Waals surface area contributed by atoms with Crippen molar-refractivity contribution in [2.45, 2.75) is 45.4 Å². The maximum atomic E-state index is 12.4. The Labute approximate surface area is 171 Å². The van der Waals surface area contributed by atoms with E-state index in [1.807, 2.05) is 24.1 Å². The molecule has 1 aliphatic rings. The van der Waals surface area contributed by atoms with E-state index in [4.69, 9.17) is 17.3 Å². The number of aryl methyl sites for hydroxylation is 1. The van der Waals surface area contributed by atoms with Crippen molar-refractivity contribution in [3.63, 3.8) is 0 Å². The van der Waals surface area contributed by atoms with Crippen molar-refractivity contribution in [2.24, 2.45) is 11.1 Å². The number of imide groups is 1. The number of aliphatic hydroxyl groups excluding tert-OH is 1. The third-order valence-corrected chi connectivity index (χ3v) is 5.59. The molecule has 5 N–H and O–H groups in total. The zero-order valence-corrected chi connectivity index (χ0v) is 17.6. The Bertz CT molecular complexity index is 711. The number of hydrogen-bond acceptors (Lipinski definition) is 6. The van der Waals surface area contributed by atoms with E-state index in [1.165, 1.54) is 0 Å². The van der Waals surface area contributed by atoms with E-state index in [0.29, 0.717) is 37.5 Å². The van der Waals surface area contributed by atoms with E-state index in [-0.39, 0.29) is 0 Å². The van der Waals surface area contributed by atoms with Crippen LogP contribution in [0.3, 0.4) is 0 Å². The number of aliphatic hydroxyl groups is 1. The number of amides is 2. The van der Waals surface area contributed by atoms with Crippen LogP contribution in [0.15, 0.2) is 18.2 Å². The molecule has 1 heterocycles. The fraction of sp³-hybridized carbons (Fsp3) is 0.600. The first-order valence-electron chi connectivity index (χ1n) is 9.56. The molecule has 0 aromatic heterocycles. The van der Waals surface area contributed by atoms with Crippen LogP contribution in [0.1, 0.15) is 31.4 Å². The zero-order chi connectivity index (χ0) is 20.9. The molecule has 8 heteroatoms. The van der Waals surface area contributed by atoms with Gasteiger partial charge in [0.2, 0.25) is 5.91 Å². The van der Waals surface area contributed by atoms with E-state index >= 15 is 0 Å². The molecule has 0 aliphatic carbocycles. The minimum Gasteiger partial charge on any atom is -0.383 e. The lowest BCUT2D eigenvalue weighted by atomic mass is 9.80. The molecule has 156 valence electrons. The lowest BCUT2D eigenvalue weighted by Crippen LogP contribution is -2.58. The molecule has 0 bridgehead atoms. The van der Waals surface area contributed by atoms with Crippen LogP contribution in [0.4, 0.5) is 0 Å². The van der Waals surface area contributed by atoms with E-state index in [1.54, 1.807) is 19.9 Å². The van der Waals surface area contributed by atoms with Crippen LogP contribution in [0.25, 0.3) is 0 Å². The number of nitrogens with one attached hydrogen (secondary N) is 2. The van der Waals surface area contributed by atoms with Gasteiger partial charge in [-0.15, -0.1) is 0 Å². The molecule has 0 unspecified atom stereocenters. The van der Waals surface area contributed by atoms with Crippen LogP contribution in [0.5, 0.6) is 0 Å². The smallest absolute Gasteiger partial charge is 0.255 e. The topological polar surface area (TPSA) is 108 Å². The molecule has 0 saturated carbocycles. The summed E-state index contributed by atoms with van der Waals surface area (Å²) in [5.74, 6) is -1.08. The number of nitrogens with zero attached hydrogens (tertiary/aromatic N) is 1. The average molecular weight is 411 g/mol. The number of carbonyl (C=O) groups excluding carboxylic acids is 2. The summed E-state index contributed by atoms with van der Waals surface area (Å²) in [7, 11) is 1.92. The van der Waals surface area contributed by atoms with Gasteiger partial charge in [-0.1, -0.05) is 31.5 Å². The Hall–Kier alpha value is -1.51. The third-order valence-electron chi connectivity index (χ3n) is 5.36. The van der Waals surface area contributed by atoms with Gasteiger partial charge >= 0.3 is 0 Å². The van der Waals surface area contributed by atoms with Crippen LogP contribution in [-0.4, -0.2) is 60.6 Å². The molecule has 1 aromatic carbocycles. The normalized spacial score (nSPS) is 19.3. The van der Waals surface area contributed by atoms with Gasteiger partial charge in [0.15, 0.2) is 0 Å². The van der Waals surface area contributed by atoms with Crippen molar-refractivity contribution in [2.75, 3.05) is 26.7 Å². The predicted molar refractivity (Wildman–Crippen MR) is 110 cm³/mol. The monoisotopic (exact) mass is 410 g/mol. The number of rotatable bonds is 7. The number of benzene rings is 1. The second-order valence-corrected chi connectivity index (χ2v) is 8.57. The molecule has 2 amide bonds. The van der Waals surface area contributed by atoms with Crippen LogP contribution in [0.2, 0.25) is 5.02 Å². The number of nitrogens with two attached hydrogens (primary N) is 1. The number of piperazine rings is 1. The molecular weight excluding hydrogens is 380 g/mol. The van der Waals surface area contributed by atoms with Gasteiger partial charge in [-0.25, -0.2) is 0 Å². The maximum Gasteiger partial charge on any atom is 0.255 e. The van der Waals surface area contributed by atoms with E-state index in [9.17, 15) is 14.7 Å². The Morgan fingerprint density at radius 3 is 2.79 bits per heavy atom. The number of likely N-dealkylation sites (N-methyl/N-ethyl adjacent to an activating group) is 1. The number of carbonyl (C=O) groups is 2. The van der Waals surface area contributed by atoms with Gasteiger partial charge in [-0.3, -0.25) is 14.9 Å². The fourth-order valence-electron chi connectivity index (χ4n) is 3.32. The van der Waals surface area contributed by atoms with E-state index < -0.39 is 29.4 Å². The largest absolute Gasteiger partial charge is 0.383 e. The summed E-state index contributed by atoms with van der Waals surface area (Å²) in [5, 5.41) is 16.6. The van der Waals surface area contributed by atoms with Gasteiger partial charge in [0.25, 0.3) is 5.91 Å². The quantitative estimate of drug-likeness (QED) is 0.526. The molecule has 2 atom stereocenters. The van der Waals surface area contributed by atoms with Crippen molar-refractivity contribution < 1.29 is 14.7 Å². The van der Waals surface area contributed by atoms with E-state index in [0.717, 1.165) is 17.7 Å². The first-order chi connectivity index (χ1) is 13.1. The standard InChI is InChI=1S/C20H31ClN4O3/c1-20(2,7-6-13-10-15(21)5-4-14(13)11-22)17(26)19(28)24-18(27)16-12-25(3)9-8-23-16/h4-5,10,16-17,23,26H,6-9,11-12,22H2,1-3H3,(H,24,27,28)/t16-,17-/m0/s1. The summed E-state index contributed by atoms with van der Waals surface area (Å²) in [6.45, 7) is 6.06. The van der Waals surface area contributed by atoms with Gasteiger partial charge < -0.3 is 21.1 Å². The number of hydrogen-bond donors (Lipinski definition) is 4. The second-order valence-electron chi connectivity index (χ2n) is 8.13. The minimum absolute atomic E-state index is 0.396. The highest BCUT2D eigenvalue weighted by Gasteiger charge is 2.35. The summed E-state index contributed by atoms with van der Waals surface area (Å²) in [5.41, 5.74) is 7.04. The summed E-state index contributed by atoms with van der Waals surface area (Å²) in [4.78, 5) is 26.8. The van der Waals surface area contributed by atoms with Gasteiger partial charge in [0.05, 0.1) is 6.04 Å². The Morgan fingerprint density at radius 2 is 2.14 bits per heavy atom. The molecule has 7 nitrogen and oxygen atoms in total. The molecule has 0 spiro atoms. The lowest BCUT2D eigenvalue weighted by Gasteiger charge is -2.32. The summed E-state index contributed by atoms with van der Waals surface area (Å²) < 4.78 is 0. The van der Waals surface area contributed by atoms with Crippen LogP contribution in [0, 0.1) is 5.41 Å². The zero-order valence-electron chi connectivity index (χ0n) is 16.8. The summed E-state index contributed by atoms with van der Waals surface area (Å²) in [6, 6.07) is 5.08. The highest BCUT2D eigenvalue weighted by Crippen LogP contribution is 2.29. The second kappa shape index (κ2) is 9.80. The molecular formula is C20H31ClN4O3. The van der Waals surface area contributed by atoms with Crippen molar-refractivity contribution in [3.8, 4) is 0 Å². The lowest BCUT2D eigenvalue weighted by molar-refractivity contribution is -0.141. The molecule has 1 aromatic rings. The van der Waals surface area contributed by atoms with Crippen LogP contribution >= 0.6 is 11.6 Å². The first-order valence-corrected chi connectivity index (χ1v) is 9.94. The molecule has 1 fully saturated rings. The molecule has 0 radical (unpaired) electrons. The molecule has 2 rings (SSSR count). The first kappa shape index (κ1) is 22.8. The maximum absolute atomic E-state index is 12.4. The van der Waals surface area contributed by atoms with Crippen molar-refractivity contribution >= 4 is 23.4 Å². The van der Waals surface area contributed by atoms with Gasteiger partial charge in [-0.05, 0) is 43.1 Å². The number of halogens is 1. The summed E-state index contributed by atoms with van der Waals surface area (Å²) in [6.07, 6.45) is -0.153. The minimum atomic E-state index is -1.31. The Morgan fingerprint density at radius 1 is 1.43 bits per heavy atom. The van der Waals surface area contributed by atoms with Gasteiger partial charge in [-0.2, -0.15) is 0 Å². The van der Waals surface area contributed by atoms with Gasteiger partial charge in [0, 0.05) is 36.6 Å². The third kappa shape index (κ3) is 5.99. The molecule has 28 heavy (non-hydrogen) atoms. The molecule has 1 saturated heterocycles. The van der Waals surface area contributed by atoms with E-state index in [2.05, 4.69) is 10.6 Å². The summed E-state index contributed by atoms with van der Waals surface area (Å²) >= 11 is 6.08. The highest BCUT2D eigenvalue weighted by molar-refractivity contribution is 6.30. The average Bonchev–Trinajstić information content (AvgIpc) is 2.65. The van der Waals surface area contributed by atoms with Crippen molar-refractivity contribution in [1.29, 1.82) is 0 Å². The van der Waals surface area contributed by atoms with Crippen molar-refractivity contribution in [1.82, 2.24) is 15.5 Å². The Balaban J connectivity index is 1.95.